The molecule has 0 radical (unpaired) electrons. The Bertz CT molecular complexity index is 668. The Morgan fingerprint density at radius 1 is 1.18 bits per heavy atom. The molecule has 5 heteroatoms. The summed E-state index contributed by atoms with van der Waals surface area (Å²) in [6.07, 6.45) is 3.99. The summed E-state index contributed by atoms with van der Waals surface area (Å²) in [6.45, 7) is 1.50. The van der Waals surface area contributed by atoms with Gasteiger partial charge in [-0.05, 0) is 30.7 Å². The highest BCUT2D eigenvalue weighted by atomic mass is 16.5. The number of rotatable bonds is 4. The molecule has 0 saturated carbocycles. The monoisotopic (exact) mass is 299 g/mol. The SMILES string of the molecule is CC1=CC(=O)C(C(=O)C=Cc2ccc(N(C)C)cc2)C(=O)O1. The Labute approximate surface area is 128 Å². The second-order valence-corrected chi connectivity index (χ2v) is 5.23. The Morgan fingerprint density at radius 3 is 2.36 bits per heavy atom. The smallest absolute Gasteiger partial charge is 0.329 e. The first-order valence-electron chi connectivity index (χ1n) is 6.81. The van der Waals surface area contributed by atoms with Gasteiger partial charge >= 0.3 is 5.97 Å². The molecule has 0 N–H and O–H groups in total. The van der Waals surface area contributed by atoms with Crippen molar-refractivity contribution in [3.8, 4) is 0 Å². The molecule has 0 spiro atoms. The second kappa shape index (κ2) is 6.39. The first-order chi connectivity index (χ1) is 10.4. The van der Waals surface area contributed by atoms with Crippen LogP contribution in [0.2, 0.25) is 0 Å². The summed E-state index contributed by atoms with van der Waals surface area (Å²) in [6, 6.07) is 7.53. The molecule has 0 bridgehead atoms. The van der Waals surface area contributed by atoms with Gasteiger partial charge in [0.25, 0.3) is 0 Å². The van der Waals surface area contributed by atoms with Crippen LogP contribution in [0.5, 0.6) is 0 Å². The minimum absolute atomic E-state index is 0.210. The Hall–Kier alpha value is -2.69. The van der Waals surface area contributed by atoms with E-state index >= 15 is 0 Å². The molecule has 0 aromatic heterocycles. The molecule has 0 aliphatic carbocycles. The van der Waals surface area contributed by atoms with E-state index in [1.807, 2.05) is 43.3 Å². The zero-order chi connectivity index (χ0) is 16.3. The number of ether oxygens (including phenoxy) is 1. The van der Waals surface area contributed by atoms with E-state index < -0.39 is 23.5 Å². The zero-order valence-corrected chi connectivity index (χ0v) is 12.7. The van der Waals surface area contributed by atoms with E-state index in [0.29, 0.717) is 0 Å². The molecule has 1 atom stereocenters. The molecule has 2 rings (SSSR count). The highest BCUT2D eigenvalue weighted by molar-refractivity contribution is 6.25. The molecule has 5 nitrogen and oxygen atoms in total. The molecule has 22 heavy (non-hydrogen) atoms. The number of benzene rings is 1. The number of nitrogens with zero attached hydrogens (tertiary/aromatic N) is 1. The van der Waals surface area contributed by atoms with E-state index in [4.69, 9.17) is 4.74 Å². The first kappa shape index (κ1) is 15.7. The topological polar surface area (TPSA) is 63.7 Å². The van der Waals surface area contributed by atoms with Crippen LogP contribution >= 0.6 is 0 Å². The Balaban J connectivity index is 2.11. The number of carbonyl (C=O) groups is 3. The average molecular weight is 299 g/mol. The summed E-state index contributed by atoms with van der Waals surface area (Å²) in [5.74, 6) is -3.10. The van der Waals surface area contributed by atoms with Gasteiger partial charge in [0, 0.05) is 25.9 Å². The quantitative estimate of drug-likeness (QED) is 0.483. The number of esters is 1. The van der Waals surface area contributed by atoms with Crippen molar-refractivity contribution in [2.24, 2.45) is 5.92 Å². The van der Waals surface area contributed by atoms with E-state index in [1.165, 1.54) is 19.1 Å². The van der Waals surface area contributed by atoms with Crippen molar-refractivity contribution in [3.63, 3.8) is 0 Å². The predicted octanol–water partition coefficient (Wildman–Crippen LogP) is 1.98. The van der Waals surface area contributed by atoms with Crippen LogP contribution < -0.4 is 4.90 Å². The van der Waals surface area contributed by atoms with Crippen LogP contribution in [-0.4, -0.2) is 31.6 Å². The molecule has 0 amide bonds. The van der Waals surface area contributed by atoms with Gasteiger partial charge in [0.1, 0.15) is 5.76 Å². The van der Waals surface area contributed by atoms with Crippen LogP contribution in [0.1, 0.15) is 12.5 Å². The van der Waals surface area contributed by atoms with Crippen LogP contribution in [0.3, 0.4) is 0 Å². The van der Waals surface area contributed by atoms with Crippen LogP contribution in [0, 0.1) is 5.92 Å². The third kappa shape index (κ3) is 3.49. The van der Waals surface area contributed by atoms with Crippen molar-refractivity contribution in [2.45, 2.75) is 6.92 Å². The van der Waals surface area contributed by atoms with E-state index in [0.717, 1.165) is 11.3 Å². The predicted molar refractivity (Wildman–Crippen MR) is 83.2 cm³/mol. The third-order valence-corrected chi connectivity index (χ3v) is 3.26. The minimum atomic E-state index is -1.39. The molecular weight excluding hydrogens is 282 g/mol. The molecular formula is C17H17NO4. The molecule has 1 unspecified atom stereocenters. The Kier molecular flexibility index (Phi) is 4.56. The molecule has 1 aromatic carbocycles. The standard InChI is InChI=1S/C17H17NO4/c1-11-10-15(20)16(17(21)22-11)14(19)9-6-12-4-7-13(8-5-12)18(2)3/h4-10,16H,1-3H3. The van der Waals surface area contributed by atoms with Gasteiger partial charge < -0.3 is 9.64 Å². The number of anilines is 1. The van der Waals surface area contributed by atoms with Gasteiger partial charge in [-0.15, -0.1) is 0 Å². The number of cyclic esters (lactones) is 1. The number of allylic oxidation sites excluding steroid dienone is 3. The van der Waals surface area contributed by atoms with Gasteiger partial charge in [0.05, 0.1) is 0 Å². The van der Waals surface area contributed by atoms with E-state index in [9.17, 15) is 14.4 Å². The van der Waals surface area contributed by atoms with Crippen molar-refractivity contribution >= 4 is 29.3 Å². The van der Waals surface area contributed by atoms with E-state index in [-0.39, 0.29) is 5.76 Å². The second-order valence-electron chi connectivity index (χ2n) is 5.23. The normalized spacial score (nSPS) is 18.1. The summed E-state index contributed by atoms with van der Waals surface area (Å²) in [4.78, 5) is 37.4. The number of carbonyl (C=O) groups excluding carboxylic acids is 3. The lowest BCUT2D eigenvalue weighted by molar-refractivity contribution is -0.151. The highest BCUT2D eigenvalue weighted by Crippen LogP contribution is 2.17. The van der Waals surface area contributed by atoms with Crippen LogP contribution in [0.25, 0.3) is 6.08 Å². The summed E-state index contributed by atoms with van der Waals surface area (Å²) >= 11 is 0. The Morgan fingerprint density at radius 2 is 1.82 bits per heavy atom. The fourth-order valence-corrected chi connectivity index (χ4v) is 2.06. The van der Waals surface area contributed by atoms with Gasteiger partial charge in [-0.1, -0.05) is 18.2 Å². The van der Waals surface area contributed by atoms with Crippen LogP contribution in [0.4, 0.5) is 5.69 Å². The van der Waals surface area contributed by atoms with Crippen molar-refractivity contribution < 1.29 is 19.1 Å². The molecule has 0 saturated heterocycles. The average Bonchev–Trinajstić information content (AvgIpc) is 2.44. The van der Waals surface area contributed by atoms with E-state index in [1.54, 1.807) is 6.08 Å². The van der Waals surface area contributed by atoms with Crippen molar-refractivity contribution in [1.82, 2.24) is 0 Å². The van der Waals surface area contributed by atoms with Crippen molar-refractivity contribution in [2.75, 3.05) is 19.0 Å². The molecule has 1 aliphatic heterocycles. The van der Waals surface area contributed by atoms with E-state index in [2.05, 4.69) is 0 Å². The van der Waals surface area contributed by atoms with Crippen molar-refractivity contribution in [1.29, 1.82) is 0 Å². The van der Waals surface area contributed by atoms with Gasteiger partial charge in [-0.3, -0.25) is 14.4 Å². The molecule has 1 aromatic rings. The fourth-order valence-electron chi connectivity index (χ4n) is 2.06. The molecule has 114 valence electrons. The molecule has 1 heterocycles. The maximum atomic E-state index is 12.0. The summed E-state index contributed by atoms with van der Waals surface area (Å²) < 4.78 is 4.83. The van der Waals surface area contributed by atoms with Crippen molar-refractivity contribution in [3.05, 3.63) is 47.7 Å². The third-order valence-electron chi connectivity index (χ3n) is 3.26. The first-order valence-corrected chi connectivity index (χ1v) is 6.81. The lowest BCUT2D eigenvalue weighted by Crippen LogP contribution is -2.34. The fraction of sp³-hybridized carbons (Fsp3) is 0.235. The van der Waals surface area contributed by atoms with Crippen LogP contribution in [-0.2, 0) is 19.1 Å². The van der Waals surface area contributed by atoms with Gasteiger partial charge in [0.2, 0.25) is 0 Å². The lowest BCUT2D eigenvalue weighted by Gasteiger charge is -2.15. The highest BCUT2D eigenvalue weighted by Gasteiger charge is 2.36. The van der Waals surface area contributed by atoms with Crippen LogP contribution in [0.15, 0.2) is 42.2 Å². The molecule has 1 aliphatic rings. The largest absolute Gasteiger partial charge is 0.430 e. The lowest BCUT2D eigenvalue weighted by atomic mass is 9.96. The summed E-state index contributed by atoms with van der Waals surface area (Å²) in [5.41, 5.74) is 1.84. The number of hydrogen-bond donors (Lipinski definition) is 0. The van der Waals surface area contributed by atoms with Gasteiger partial charge in [-0.2, -0.15) is 0 Å². The number of hydrogen-bond acceptors (Lipinski definition) is 5. The number of ketones is 2. The maximum absolute atomic E-state index is 12.0. The van der Waals surface area contributed by atoms with Gasteiger partial charge in [0.15, 0.2) is 17.5 Å². The summed E-state index contributed by atoms with van der Waals surface area (Å²) in [7, 11) is 3.87. The molecule has 0 fully saturated rings. The zero-order valence-electron chi connectivity index (χ0n) is 12.7. The minimum Gasteiger partial charge on any atom is -0.430 e. The van der Waals surface area contributed by atoms with Gasteiger partial charge in [-0.25, -0.2) is 0 Å². The maximum Gasteiger partial charge on any atom is 0.329 e. The summed E-state index contributed by atoms with van der Waals surface area (Å²) in [5, 5.41) is 0.